The fraction of sp³-hybridized carbons (Fsp3) is 0.294. The zero-order valence-electron chi connectivity index (χ0n) is 13.7. The molecule has 0 heterocycles. The van der Waals surface area contributed by atoms with Crippen molar-refractivity contribution in [2.24, 2.45) is 10.2 Å². The Labute approximate surface area is 145 Å². The van der Waals surface area contributed by atoms with Gasteiger partial charge in [-0.3, -0.25) is 10.1 Å². The molecule has 0 unspecified atom stereocenters. The fourth-order valence-electron chi connectivity index (χ4n) is 2.15. The number of hydrogen-bond donors (Lipinski definition) is 1. The van der Waals surface area contributed by atoms with Crippen LogP contribution in [0.1, 0.15) is 32.8 Å². The van der Waals surface area contributed by atoms with Gasteiger partial charge in [-0.2, -0.15) is 0 Å². The summed E-state index contributed by atoms with van der Waals surface area (Å²) in [5.74, 6) is -0.127. The number of phenolic OH excluding ortho intramolecular Hbond substituents is 1. The van der Waals surface area contributed by atoms with Crippen LogP contribution in [0.2, 0.25) is 5.02 Å². The summed E-state index contributed by atoms with van der Waals surface area (Å²) < 4.78 is 0. The van der Waals surface area contributed by atoms with Crippen molar-refractivity contribution in [2.45, 2.75) is 32.6 Å². The van der Waals surface area contributed by atoms with Crippen LogP contribution in [-0.2, 0) is 5.41 Å². The smallest absolute Gasteiger partial charge is 0.296 e. The fourth-order valence-corrected chi connectivity index (χ4v) is 2.57. The van der Waals surface area contributed by atoms with Gasteiger partial charge in [0.05, 0.1) is 4.92 Å². The predicted octanol–water partition coefficient (Wildman–Crippen LogP) is 6.06. The van der Waals surface area contributed by atoms with E-state index in [0.717, 1.165) is 12.0 Å². The van der Waals surface area contributed by atoms with E-state index in [2.05, 4.69) is 10.2 Å². The molecule has 0 aliphatic carbocycles. The second-order valence-corrected chi connectivity index (χ2v) is 6.41. The molecule has 0 amide bonds. The Balaban J connectivity index is 2.47. The van der Waals surface area contributed by atoms with E-state index in [9.17, 15) is 15.2 Å². The maximum absolute atomic E-state index is 11.0. The van der Waals surface area contributed by atoms with Gasteiger partial charge in [0, 0.05) is 17.2 Å². The van der Waals surface area contributed by atoms with Crippen LogP contribution in [0.25, 0.3) is 0 Å². The number of aromatic hydroxyl groups is 1. The van der Waals surface area contributed by atoms with Gasteiger partial charge in [0.2, 0.25) is 0 Å². The molecule has 0 bridgehead atoms. The molecule has 6 nitrogen and oxygen atoms in total. The molecule has 2 rings (SSSR count). The molecule has 0 aliphatic rings. The summed E-state index contributed by atoms with van der Waals surface area (Å²) in [6.07, 6.45) is 0.845. The third-order valence-corrected chi connectivity index (χ3v) is 4.33. The first-order valence-corrected chi connectivity index (χ1v) is 7.82. The summed E-state index contributed by atoms with van der Waals surface area (Å²) in [5, 5.41) is 29.4. The SMILES string of the molecule is CCC(C)(C)c1cc(/N=N/c2ccccc2[N+](=O)[O-])c(O)cc1Cl. The first-order valence-electron chi connectivity index (χ1n) is 7.44. The number of rotatable bonds is 5. The first kappa shape index (κ1) is 17.9. The summed E-state index contributed by atoms with van der Waals surface area (Å²) >= 11 is 6.23. The molecule has 0 aliphatic heterocycles. The summed E-state index contributed by atoms with van der Waals surface area (Å²) in [6.45, 7) is 6.11. The molecule has 2 aromatic carbocycles. The minimum Gasteiger partial charge on any atom is -0.506 e. The summed E-state index contributed by atoms with van der Waals surface area (Å²) in [6, 6.07) is 9.11. The largest absolute Gasteiger partial charge is 0.506 e. The maximum Gasteiger partial charge on any atom is 0.296 e. The van der Waals surface area contributed by atoms with Crippen LogP contribution in [-0.4, -0.2) is 10.0 Å². The number of phenols is 1. The van der Waals surface area contributed by atoms with Crippen LogP contribution in [0.3, 0.4) is 0 Å². The number of halogens is 1. The van der Waals surface area contributed by atoms with E-state index in [0.29, 0.717) is 5.02 Å². The van der Waals surface area contributed by atoms with Gasteiger partial charge in [-0.1, -0.05) is 44.5 Å². The van der Waals surface area contributed by atoms with E-state index in [-0.39, 0.29) is 28.2 Å². The van der Waals surface area contributed by atoms with Crippen molar-refractivity contribution in [3.8, 4) is 5.75 Å². The molecule has 2 aromatic rings. The summed E-state index contributed by atoms with van der Waals surface area (Å²) in [7, 11) is 0. The lowest BCUT2D eigenvalue weighted by Gasteiger charge is -2.25. The van der Waals surface area contributed by atoms with Crippen molar-refractivity contribution < 1.29 is 10.0 Å². The lowest BCUT2D eigenvalue weighted by atomic mass is 9.82. The van der Waals surface area contributed by atoms with Crippen molar-refractivity contribution in [3.05, 3.63) is 57.1 Å². The number of para-hydroxylation sites is 1. The minimum atomic E-state index is -0.526. The van der Waals surface area contributed by atoms with Crippen LogP contribution in [0.15, 0.2) is 46.6 Å². The zero-order chi connectivity index (χ0) is 17.9. The van der Waals surface area contributed by atoms with Crippen molar-refractivity contribution in [1.82, 2.24) is 0 Å². The number of nitro groups is 1. The average Bonchev–Trinajstić information content (AvgIpc) is 2.54. The Morgan fingerprint density at radius 1 is 1.21 bits per heavy atom. The number of nitrogens with zero attached hydrogens (tertiary/aromatic N) is 3. The Hall–Kier alpha value is -2.47. The van der Waals surface area contributed by atoms with Gasteiger partial charge in [0.1, 0.15) is 11.4 Å². The predicted molar refractivity (Wildman–Crippen MR) is 93.7 cm³/mol. The highest BCUT2D eigenvalue weighted by Crippen LogP contribution is 2.40. The topological polar surface area (TPSA) is 88.1 Å². The van der Waals surface area contributed by atoms with Gasteiger partial charge >= 0.3 is 0 Å². The summed E-state index contributed by atoms with van der Waals surface area (Å²) in [5.41, 5.74) is 0.820. The molecule has 0 spiro atoms. The molecule has 7 heteroatoms. The highest BCUT2D eigenvalue weighted by Gasteiger charge is 2.23. The average molecular weight is 348 g/mol. The van der Waals surface area contributed by atoms with Gasteiger partial charge in [-0.25, -0.2) is 0 Å². The van der Waals surface area contributed by atoms with Gasteiger partial charge in [0.15, 0.2) is 5.69 Å². The van der Waals surface area contributed by atoms with Crippen LogP contribution >= 0.6 is 11.6 Å². The lowest BCUT2D eigenvalue weighted by molar-refractivity contribution is -0.384. The zero-order valence-corrected chi connectivity index (χ0v) is 14.4. The van der Waals surface area contributed by atoms with Crippen LogP contribution < -0.4 is 0 Å². The molecule has 0 atom stereocenters. The molecule has 0 saturated heterocycles. The number of hydrogen-bond acceptors (Lipinski definition) is 5. The maximum atomic E-state index is 11.0. The van der Waals surface area contributed by atoms with Gasteiger partial charge in [-0.05, 0) is 29.5 Å². The third kappa shape index (κ3) is 3.71. The number of azo groups is 1. The number of nitro benzene ring substituents is 1. The van der Waals surface area contributed by atoms with Gasteiger partial charge in [0.25, 0.3) is 5.69 Å². The van der Waals surface area contributed by atoms with E-state index in [4.69, 9.17) is 11.6 Å². The van der Waals surface area contributed by atoms with Crippen LogP contribution in [0, 0.1) is 10.1 Å². The molecule has 0 fully saturated rings. The van der Waals surface area contributed by atoms with E-state index < -0.39 is 4.92 Å². The second-order valence-electron chi connectivity index (χ2n) is 6.00. The van der Waals surface area contributed by atoms with Crippen molar-refractivity contribution in [1.29, 1.82) is 0 Å². The highest BCUT2D eigenvalue weighted by molar-refractivity contribution is 6.31. The molecular weight excluding hydrogens is 330 g/mol. The van der Waals surface area contributed by atoms with Gasteiger partial charge < -0.3 is 5.11 Å². The normalized spacial score (nSPS) is 11.8. The monoisotopic (exact) mass is 347 g/mol. The first-order chi connectivity index (χ1) is 11.3. The van der Waals surface area contributed by atoms with E-state index >= 15 is 0 Å². The Morgan fingerprint density at radius 2 is 1.83 bits per heavy atom. The van der Waals surface area contributed by atoms with Crippen LogP contribution in [0.4, 0.5) is 17.1 Å². The van der Waals surface area contributed by atoms with Crippen molar-refractivity contribution in [3.63, 3.8) is 0 Å². The number of benzene rings is 2. The Bertz CT molecular complexity index is 804. The minimum absolute atomic E-state index is 0.119. The van der Waals surface area contributed by atoms with E-state index in [1.54, 1.807) is 18.2 Å². The lowest BCUT2D eigenvalue weighted by Crippen LogP contribution is -2.15. The molecule has 24 heavy (non-hydrogen) atoms. The van der Waals surface area contributed by atoms with Crippen LogP contribution in [0.5, 0.6) is 5.75 Å². The molecule has 126 valence electrons. The highest BCUT2D eigenvalue weighted by atomic mass is 35.5. The van der Waals surface area contributed by atoms with E-state index in [1.165, 1.54) is 18.2 Å². The molecule has 0 saturated carbocycles. The van der Waals surface area contributed by atoms with Crippen molar-refractivity contribution in [2.75, 3.05) is 0 Å². The third-order valence-electron chi connectivity index (χ3n) is 4.02. The molecule has 1 N–H and O–H groups in total. The molecule has 0 aromatic heterocycles. The standard InChI is InChI=1S/C17H18ClN3O3/c1-4-17(2,3)11-9-14(16(22)10-12(11)18)20-19-13-7-5-6-8-15(13)21(23)24/h5-10,22H,4H2,1-3H3/b20-19+. The molecule has 0 radical (unpaired) electrons. The second kappa shape index (κ2) is 6.97. The van der Waals surface area contributed by atoms with Crippen molar-refractivity contribution >= 4 is 28.7 Å². The molecular formula is C17H18ClN3O3. The Kier molecular flexibility index (Phi) is 5.19. The summed E-state index contributed by atoms with van der Waals surface area (Å²) in [4.78, 5) is 10.5. The van der Waals surface area contributed by atoms with E-state index in [1.807, 2.05) is 20.8 Å². The Morgan fingerprint density at radius 3 is 2.46 bits per heavy atom. The van der Waals surface area contributed by atoms with Gasteiger partial charge in [-0.15, -0.1) is 10.2 Å². The quantitative estimate of drug-likeness (QED) is 0.405.